The molecule has 126 valence electrons. The van der Waals surface area contributed by atoms with Gasteiger partial charge >= 0.3 is 17.8 Å². The molecule has 0 saturated carbocycles. The Morgan fingerprint density at radius 2 is 2.12 bits per heavy atom. The summed E-state index contributed by atoms with van der Waals surface area (Å²) in [5.74, 6) is -2.09. The van der Waals surface area contributed by atoms with E-state index in [1.807, 2.05) is 0 Å². The summed E-state index contributed by atoms with van der Waals surface area (Å²) in [7, 11) is 0.831. The van der Waals surface area contributed by atoms with Gasteiger partial charge in [0.1, 0.15) is 5.84 Å². The molecular weight excluding hydrogens is 351 g/mol. The summed E-state index contributed by atoms with van der Waals surface area (Å²) >= 11 is 5.89. The van der Waals surface area contributed by atoms with Gasteiger partial charge < -0.3 is 9.15 Å². The van der Waals surface area contributed by atoms with E-state index in [1.54, 1.807) is 0 Å². The fourth-order valence-electron chi connectivity index (χ4n) is 2.18. The molecule has 0 spiro atoms. The Morgan fingerprint density at radius 3 is 2.71 bits per heavy atom. The van der Waals surface area contributed by atoms with Crippen molar-refractivity contribution in [1.29, 1.82) is 0 Å². The maximum absolute atomic E-state index is 13.7. The topological polar surface area (TPSA) is 67.4 Å². The van der Waals surface area contributed by atoms with Crippen molar-refractivity contribution in [2.24, 2.45) is 9.98 Å². The van der Waals surface area contributed by atoms with E-state index in [0.717, 1.165) is 7.11 Å². The summed E-state index contributed by atoms with van der Waals surface area (Å²) in [4.78, 5) is 20.2. The van der Waals surface area contributed by atoms with Gasteiger partial charge in [0.25, 0.3) is 0 Å². The molecule has 1 aromatic rings. The van der Waals surface area contributed by atoms with Crippen LogP contribution in [0.2, 0.25) is 0 Å². The van der Waals surface area contributed by atoms with Gasteiger partial charge in [-0.15, -0.1) is 0 Å². The molecule has 1 aromatic heterocycles. The Labute approximate surface area is 138 Å². The Morgan fingerprint density at radius 1 is 1.38 bits per heavy atom. The third-order valence-electron chi connectivity index (χ3n) is 3.27. The Balaban J connectivity index is 2.26. The Bertz CT molecular complexity index is 796. The van der Waals surface area contributed by atoms with Crippen LogP contribution in [0.15, 0.2) is 56.2 Å². The van der Waals surface area contributed by atoms with Crippen molar-refractivity contribution in [1.82, 2.24) is 4.90 Å². The van der Waals surface area contributed by atoms with Crippen LogP contribution in [0.5, 0.6) is 0 Å². The maximum atomic E-state index is 13.7. The van der Waals surface area contributed by atoms with E-state index >= 15 is 0 Å². The van der Waals surface area contributed by atoms with Gasteiger partial charge in [-0.3, -0.25) is 4.90 Å². The van der Waals surface area contributed by atoms with Crippen molar-refractivity contribution >= 4 is 29.2 Å². The lowest BCUT2D eigenvalue weighted by atomic mass is 10.1. The van der Waals surface area contributed by atoms with E-state index in [9.17, 15) is 18.0 Å². The molecule has 10 heteroatoms. The number of fused-ring (bicyclic) bond motifs is 1. The third-order valence-corrected chi connectivity index (χ3v) is 3.49. The largest absolute Gasteiger partial charge is 0.465 e. The van der Waals surface area contributed by atoms with Gasteiger partial charge in [-0.2, -0.15) is 13.2 Å². The number of esters is 1. The number of hydrogen-bond acceptors (Lipinski definition) is 6. The van der Waals surface area contributed by atoms with Crippen molar-refractivity contribution in [3.05, 3.63) is 47.5 Å². The number of halogens is 4. The Hall–Kier alpha value is -2.55. The first-order valence-electron chi connectivity index (χ1n) is 6.52. The highest BCUT2D eigenvalue weighted by Gasteiger charge is 2.65. The smallest absolute Gasteiger partial charge is 0.445 e. The predicted molar refractivity (Wildman–Crippen MR) is 78.4 cm³/mol. The van der Waals surface area contributed by atoms with Gasteiger partial charge in [0.05, 0.1) is 18.4 Å². The summed E-state index contributed by atoms with van der Waals surface area (Å²) in [5, 5.41) is 0.241. The van der Waals surface area contributed by atoms with Crippen LogP contribution in [-0.4, -0.2) is 41.5 Å². The predicted octanol–water partition coefficient (Wildman–Crippen LogP) is 2.82. The van der Waals surface area contributed by atoms with Crippen molar-refractivity contribution in [2.75, 3.05) is 7.11 Å². The van der Waals surface area contributed by atoms with Crippen LogP contribution >= 0.6 is 11.6 Å². The summed E-state index contributed by atoms with van der Waals surface area (Å²) in [5.41, 5.74) is -3.42. The quantitative estimate of drug-likeness (QED) is 0.761. The van der Waals surface area contributed by atoms with E-state index in [0.29, 0.717) is 0 Å². The average molecular weight is 360 g/mol. The molecule has 1 atom stereocenters. The van der Waals surface area contributed by atoms with Crippen molar-refractivity contribution in [2.45, 2.75) is 11.8 Å². The SMILES string of the molecule is COC(=O)[C@@]1(C(F)(F)F)N=C2C=CC(Cl)=CN2C(c2ccco2)=N1. The molecule has 3 heterocycles. The number of methoxy groups -OCH3 is 1. The molecule has 0 amide bonds. The fourth-order valence-corrected chi connectivity index (χ4v) is 2.34. The summed E-state index contributed by atoms with van der Waals surface area (Å²) in [6.45, 7) is 0. The molecule has 0 radical (unpaired) electrons. The van der Waals surface area contributed by atoms with Crippen molar-refractivity contribution in [3.8, 4) is 0 Å². The van der Waals surface area contributed by atoms with Crippen LogP contribution in [-0.2, 0) is 9.53 Å². The molecule has 0 N–H and O–H groups in total. The number of carbonyl (C=O) groups excluding carboxylic acids is 1. The molecule has 0 fully saturated rings. The van der Waals surface area contributed by atoms with E-state index in [2.05, 4.69) is 14.7 Å². The normalized spacial score (nSPS) is 23.2. The standard InChI is InChI=1S/C14H9ClF3N3O3/c1-23-12(22)13(14(16,17)18)19-10-5-4-8(15)7-21(10)11(20-13)9-3-2-6-24-9/h2-7H,1H3/t13-/m1/s1. The minimum atomic E-state index is -5.12. The van der Waals surface area contributed by atoms with Crippen molar-refractivity contribution < 1.29 is 27.1 Å². The number of nitrogens with zero attached hydrogens (tertiary/aromatic N) is 3. The molecule has 0 unspecified atom stereocenters. The van der Waals surface area contributed by atoms with Crippen LogP contribution in [0.3, 0.4) is 0 Å². The number of furan rings is 1. The zero-order valence-electron chi connectivity index (χ0n) is 12.0. The third kappa shape index (κ3) is 2.41. The molecule has 3 rings (SSSR count). The minimum absolute atomic E-state index is 0.0101. The van der Waals surface area contributed by atoms with Gasteiger partial charge in [0.15, 0.2) is 11.6 Å². The molecule has 2 aliphatic heterocycles. The summed E-state index contributed by atoms with van der Waals surface area (Å²) in [6, 6.07) is 2.88. The number of alkyl halides is 3. The summed E-state index contributed by atoms with van der Waals surface area (Å²) < 4.78 is 50.4. The maximum Gasteiger partial charge on any atom is 0.445 e. The lowest BCUT2D eigenvalue weighted by molar-refractivity contribution is -0.202. The van der Waals surface area contributed by atoms with Crippen LogP contribution in [0, 0.1) is 0 Å². The van der Waals surface area contributed by atoms with E-state index in [1.165, 1.54) is 41.6 Å². The number of amidine groups is 2. The fraction of sp³-hybridized carbons (Fsp3) is 0.214. The number of rotatable bonds is 2. The molecular formula is C14H9ClF3N3O3. The first-order valence-corrected chi connectivity index (χ1v) is 6.89. The van der Waals surface area contributed by atoms with Gasteiger partial charge in [-0.25, -0.2) is 14.8 Å². The van der Waals surface area contributed by atoms with Gasteiger partial charge in [0.2, 0.25) is 0 Å². The number of aliphatic imine (C=N–C) groups is 2. The number of ether oxygens (including phenoxy) is 1. The molecule has 0 saturated heterocycles. The summed E-state index contributed by atoms with van der Waals surface area (Å²) in [6.07, 6.45) is 0.0562. The molecule has 2 aliphatic rings. The van der Waals surface area contributed by atoms with Gasteiger partial charge in [-0.1, -0.05) is 11.6 Å². The van der Waals surface area contributed by atoms with Gasteiger partial charge in [0, 0.05) is 6.20 Å². The lowest BCUT2D eigenvalue weighted by Crippen LogP contribution is -2.55. The zero-order valence-corrected chi connectivity index (χ0v) is 12.8. The number of hydrogen-bond donors (Lipinski definition) is 0. The molecule has 6 nitrogen and oxygen atoms in total. The second kappa shape index (κ2) is 5.52. The molecule has 24 heavy (non-hydrogen) atoms. The lowest BCUT2D eigenvalue weighted by Gasteiger charge is -2.35. The number of allylic oxidation sites excluding steroid dienone is 2. The van der Waals surface area contributed by atoms with Crippen LogP contribution in [0.4, 0.5) is 13.2 Å². The van der Waals surface area contributed by atoms with E-state index < -0.39 is 17.8 Å². The first kappa shape index (κ1) is 16.3. The second-order valence-electron chi connectivity index (χ2n) is 4.76. The van der Waals surface area contributed by atoms with E-state index in [-0.39, 0.29) is 22.5 Å². The van der Waals surface area contributed by atoms with Gasteiger partial charge in [-0.05, 0) is 24.3 Å². The second-order valence-corrected chi connectivity index (χ2v) is 5.20. The Kier molecular flexibility index (Phi) is 3.75. The van der Waals surface area contributed by atoms with Crippen LogP contribution in [0.1, 0.15) is 5.76 Å². The highest BCUT2D eigenvalue weighted by molar-refractivity contribution is 6.32. The highest BCUT2D eigenvalue weighted by Crippen LogP contribution is 2.40. The average Bonchev–Trinajstić information content (AvgIpc) is 3.06. The molecule has 0 aromatic carbocycles. The highest BCUT2D eigenvalue weighted by atomic mass is 35.5. The van der Waals surface area contributed by atoms with Crippen LogP contribution in [0.25, 0.3) is 0 Å². The molecule has 0 bridgehead atoms. The minimum Gasteiger partial charge on any atom is -0.465 e. The molecule has 0 aliphatic carbocycles. The zero-order chi connectivity index (χ0) is 17.5. The van der Waals surface area contributed by atoms with Crippen LogP contribution < -0.4 is 0 Å². The monoisotopic (exact) mass is 359 g/mol. The first-order chi connectivity index (χ1) is 11.3. The van der Waals surface area contributed by atoms with Crippen molar-refractivity contribution in [3.63, 3.8) is 0 Å². The van der Waals surface area contributed by atoms with E-state index in [4.69, 9.17) is 16.0 Å². The number of carbonyl (C=O) groups is 1.